The quantitative estimate of drug-likeness (QED) is 0.877. The van der Waals surface area contributed by atoms with Gasteiger partial charge in [0.25, 0.3) is 0 Å². The smallest absolute Gasteiger partial charge is 0.138 e. The first kappa shape index (κ1) is 14.5. The van der Waals surface area contributed by atoms with Crippen molar-refractivity contribution >= 4 is 0 Å². The van der Waals surface area contributed by atoms with Gasteiger partial charge in [0.05, 0.1) is 12.3 Å². The van der Waals surface area contributed by atoms with Crippen LogP contribution in [0.25, 0.3) is 0 Å². The molecule has 0 saturated heterocycles. The van der Waals surface area contributed by atoms with E-state index in [0.717, 1.165) is 24.2 Å². The Kier molecular flexibility index (Phi) is 5.07. The maximum absolute atomic E-state index is 6.23. The van der Waals surface area contributed by atoms with Crippen LogP contribution >= 0.6 is 0 Å². The summed E-state index contributed by atoms with van der Waals surface area (Å²) < 4.78 is 5.64. The van der Waals surface area contributed by atoms with Crippen molar-refractivity contribution in [2.24, 2.45) is 5.73 Å². The van der Waals surface area contributed by atoms with Crippen LogP contribution in [0, 0.1) is 0 Å². The molecule has 0 aliphatic carbocycles. The third-order valence-electron chi connectivity index (χ3n) is 3.03. The van der Waals surface area contributed by atoms with Crippen LogP contribution in [-0.2, 0) is 6.42 Å². The highest BCUT2D eigenvalue weighted by Crippen LogP contribution is 2.20. The molecular weight excluding hydrogens is 250 g/mol. The summed E-state index contributed by atoms with van der Waals surface area (Å²) in [5, 5.41) is 0. The van der Waals surface area contributed by atoms with Gasteiger partial charge in [-0.05, 0) is 56.0 Å². The highest BCUT2D eigenvalue weighted by atomic mass is 16.5. The van der Waals surface area contributed by atoms with Crippen molar-refractivity contribution in [1.29, 1.82) is 0 Å². The minimum absolute atomic E-state index is 0.0358. The van der Waals surface area contributed by atoms with E-state index < -0.39 is 0 Å². The molecule has 0 aromatic carbocycles. The predicted octanol–water partition coefficient (Wildman–Crippen LogP) is 2.90. The molecule has 2 rings (SSSR count). The zero-order valence-corrected chi connectivity index (χ0v) is 12.0. The second-order valence-electron chi connectivity index (χ2n) is 5.12. The first-order valence-electron chi connectivity index (χ1n) is 6.91. The lowest BCUT2D eigenvalue weighted by Gasteiger charge is -2.14. The Bertz CT molecular complexity index is 528. The SMILES string of the molecule is CC(C)Oc1cncc(C(N)CCc2ccncc2)c1. The van der Waals surface area contributed by atoms with E-state index in [2.05, 4.69) is 9.97 Å². The van der Waals surface area contributed by atoms with Crippen LogP contribution in [0.4, 0.5) is 0 Å². The molecule has 2 aromatic heterocycles. The lowest BCUT2D eigenvalue weighted by Crippen LogP contribution is -2.13. The van der Waals surface area contributed by atoms with E-state index in [-0.39, 0.29) is 12.1 Å². The molecule has 0 bridgehead atoms. The molecule has 0 amide bonds. The zero-order chi connectivity index (χ0) is 14.4. The second kappa shape index (κ2) is 7.01. The normalized spacial score (nSPS) is 12.4. The third-order valence-corrected chi connectivity index (χ3v) is 3.03. The monoisotopic (exact) mass is 271 g/mol. The summed E-state index contributed by atoms with van der Waals surface area (Å²) in [5.41, 5.74) is 8.49. The Morgan fingerprint density at radius 2 is 1.90 bits per heavy atom. The van der Waals surface area contributed by atoms with Crippen LogP contribution in [0.3, 0.4) is 0 Å². The summed E-state index contributed by atoms with van der Waals surface area (Å²) in [6, 6.07) is 5.97. The molecule has 0 saturated carbocycles. The molecule has 20 heavy (non-hydrogen) atoms. The van der Waals surface area contributed by atoms with E-state index in [1.165, 1.54) is 5.56 Å². The number of hydrogen-bond acceptors (Lipinski definition) is 4. The average Bonchev–Trinajstić information content (AvgIpc) is 2.45. The molecule has 106 valence electrons. The second-order valence-corrected chi connectivity index (χ2v) is 5.12. The lowest BCUT2D eigenvalue weighted by molar-refractivity contribution is 0.241. The van der Waals surface area contributed by atoms with Crippen molar-refractivity contribution in [2.45, 2.75) is 38.8 Å². The number of nitrogens with zero attached hydrogens (tertiary/aromatic N) is 2. The van der Waals surface area contributed by atoms with E-state index >= 15 is 0 Å². The summed E-state index contributed by atoms with van der Waals surface area (Å²) in [4.78, 5) is 8.21. The highest BCUT2D eigenvalue weighted by Gasteiger charge is 2.09. The van der Waals surface area contributed by atoms with E-state index in [9.17, 15) is 0 Å². The summed E-state index contributed by atoms with van der Waals surface area (Å²) in [5.74, 6) is 0.775. The van der Waals surface area contributed by atoms with Gasteiger partial charge in [-0.2, -0.15) is 0 Å². The summed E-state index contributed by atoms with van der Waals surface area (Å²) in [7, 11) is 0. The van der Waals surface area contributed by atoms with Gasteiger partial charge in [0.1, 0.15) is 5.75 Å². The van der Waals surface area contributed by atoms with Crippen molar-refractivity contribution in [3.63, 3.8) is 0 Å². The van der Waals surface area contributed by atoms with E-state index in [4.69, 9.17) is 10.5 Å². The standard InChI is InChI=1S/C16H21N3O/c1-12(2)20-15-9-14(10-19-11-15)16(17)4-3-13-5-7-18-8-6-13/h5-12,16H,3-4,17H2,1-2H3. The molecule has 1 atom stereocenters. The van der Waals surface area contributed by atoms with Crippen LogP contribution in [0.5, 0.6) is 5.75 Å². The Morgan fingerprint density at radius 3 is 2.60 bits per heavy atom. The first-order valence-corrected chi connectivity index (χ1v) is 6.91. The maximum atomic E-state index is 6.23. The molecular formula is C16H21N3O. The number of ether oxygens (including phenoxy) is 1. The van der Waals surface area contributed by atoms with Crippen LogP contribution in [0.1, 0.15) is 37.4 Å². The fraction of sp³-hybridized carbons (Fsp3) is 0.375. The van der Waals surface area contributed by atoms with Gasteiger partial charge in [-0.15, -0.1) is 0 Å². The fourth-order valence-corrected chi connectivity index (χ4v) is 2.01. The highest BCUT2D eigenvalue weighted by molar-refractivity contribution is 5.26. The summed E-state index contributed by atoms with van der Waals surface area (Å²) in [6.45, 7) is 3.99. The number of aromatic nitrogens is 2. The zero-order valence-electron chi connectivity index (χ0n) is 12.0. The number of rotatable bonds is 6. The Balaban J connectivity index is 1.96. The van der Waals surface area contributed by atoms with E-state index in [1.807, 2.05) is 38.2 Å². The largest absolute Gasteiger partial charge is 0.489 e. The molecule has 4 heteroatoms. The molecule has 0 aliphatic heterocycles. The van der Waals surface area contributed by atoms with Gasteiger partial charge in [0.2, 0.25) is 0 Å². The van der Waals surface area contributed by atoms with Crippen molar-refractivity contribution in [3.8, 4) is 5.75 Å². The van der Waals surface area contributed by atoms with Crippen LogP contribution in [0.2, 0.25) is 0 Å². The van der Waals surface area contributed by atoms with Crippen molar-refractivity contribution in [1.82, 2.24) is 9.97 Å². The molecule has 2 N–H and O–H groups in total. The Hall–Kier alpha value is -1.94. The van der Waals surface area contributed by atoms with Gasteiger partial charge in [-0.25, -0.2) is 0 Å². The average molecular weight is 271 g/mol. The van der Waals surface area contributed by atoms with Gasteiger partial charge in [-0.1, -0.05) is 0 Å². The first-order chi connectivity index (χ1) is 9.65. The van der Waals surface area contributed by atoms with E-state index in [1.54, 1.807) is 18.6 Å². The number of nitrogens with two attached hydrogens (primary N) is 1. The van der Waals surface area contributed by atoms with Gasteiger partial charge in [-0.3, -0.25) is 9.97 Å². The Morgan fingerprint density at radius 1 is 1.15 bits per heavy atom. The van der Waals surface area contributed by atoms with Gasteiger partial charge in [0, 0.05) is 24.6 Å². The summed E-state index contributed by atoms with van der Waals surface area (Å²) >= 11 is 0. The van der Waals surface area contributed by atoms with Crippen molar-refractivity contribution in [2.75, 3.05) is 0 Å². The van der Waals surface area contributed by atoms with Crippen molar-refractivity contribution in [3.05, 3.63) is 54.1 Å². The van der Waals surface area contributed by atoms with Gasteiger partial charge in [0.15, 0.2) is 0 Å². The molecule has 1 unspecified atom stereocenters. The fourth-order valence-electron chi connectivity index (χ4n) is 2.01. The minimum Gasteiger partial charge on any atom is -0.489 e. The van der Waals surface area contributed by atoms with Gasteiger partial charge < -0.3 is 10.5 Å². The number of aryl methyl sites for hydroxylation is 1. The summed E-state index contributed by atoms with van der Waals surface area (Å²) in [6.07, 6.45) is 9.08. The molecule has 0 spiro atoms. The topological polar surface area (TPSA) is 61.0 Å². The minimum atomic E-state index is -0.0358. The van der Waals surface area contributed by atoms with Gasteiger partial charge >= 0.3 is 0 Å². The lowest BCUT2D eigenvalue weighted by atomic mass is 10.0. The number of hydrogen-bond donors (Lipinski definition) is 1. The van der Waals surface area contributed by atoms with Crippen LogP contribution in [0.15, 0.2) is 43.0 Å². The third kappa shape index (κ3) is 4.31. The molecule has 0 aliphatic rings. The van der Waals surface area contributed by atoms with E-state index in [0.29, 0.717) is 0 Å². The predicted molar refractivity (Wildman–Crippen MR) is 79.5 cm³/mol. The molecule has 0 fully saturated rings. The molecule has 0 radical (unpaired) electrons. The van der Waals surface area contributed by atoms with Crippen molar-refractivity contribution < 1.29 is 4.74 Å². The maximum Gasteiger partial charge on any atom is 0.138 e. The van der Waals surface area contributed by atoms with Crippen LogP contribution in [-0.4, -0.2) is 16.1 Å². The molecule has 2 aromatic rings. The Labute approximate surface area is 120 Å². The van der Waals surface area contributed by atoms with Crippen LogP contribution < -0.4 is 10.5 Å². The molecule has 2 heterocycles. The molecule has 4 nitrogen and oxygen atoms in total. The number of pyridine rings is 2.